The van der Waals surface area contributed by atoms with Gasteiger partial charge in [-0.05, 0) is 62.8 Å². The average Bonchev–Trinajstić information content (AvgIpc) is 3.37. The molecule has 0 bridgehead atoms. The van der Waals surface area contributed by atoms with Crippen LogP contribution in [-0.2, 0) is 9.59 Å². The molecule has 4 fully saturated rings. The lowest BCUT2D eigenvalue weighted by Crippen LogP contribution is -2.44. The van der Waals surface area contributed by atoms with Crippen molar-refractivity contribution in [2.75, 3.05) is 6.54 Å². The van der Waals surface area contributed by atoms with Crippen LogP contribution in [0.1, 0.15) is 69.3 Å². The average molecular weight is 381 g/mol. The molecule has 3 atom stereocenters. The number of carbonyl (C=O) groups excluding carboxylic acids is 2. The summed E-state index contributed by atoms with van der Waals surface area (Å²) in [5, 5.41) is 3.21. The molecule has 1 N–H and O–H groups in total. The summed E-state index contributed by atoms with van der Waals surface area (Å²) in [6.07, 6.45) is 9.57. The highest BCUT2D eigenvalue weighted by atomic mass is 16.2. The van der Waals surface area contributed by atoms with E-state index < -0.39 is 0 Å². The summed E-state index contributed by atoms with van der Waals surface area (Å²) in [6, 6.07) is 11.5. The molecule has 1 saturated heterocycles. The summed E-state index contributed by atoms with van der Waals surface area (Å²) in [7, 11) is 0. The van der Waals surface area contributed by atoms with Gasteiger partial charge in [0, 0.05) is 36.4 Å². The molecule has 1 heterocycles. The summed E-state index contributed by atoms with van der Waals surface area (Å²) >= 11 is 0. The lowest BCUT2D eigenvalue weighted by molar-refractivity contribution is -0.137. The van der Waals surface area contributed by atoms with E-state index in [0.29, 0.717) is 23.8 Å². The van der Waals surface area contributed by atoms with E-state index in [4.69, 9.17) is 0 Å². The van der Waals surface area contributed by atoms with Crippen LogP contribution in [0.5, 0.6) is 0 Å². The van der Waals surface area contributed by atoms with Crippen molar-refractivity contribution >= 4 is 11.8 Å². The number of amides is 2. The fourth-order valence-electron chi connectivity index (χ4n) is 6.00. The highest BCUT2D eigenvalue weighted by molar-refractivity contribution is 5.81. The van der Waals surface area contributed by atoms with Gasteiger partial charge in [0.2, 0.25) is 11.8 Å². The van der Waals surface area contributed by atoms with Gasteiger partial charge in [0.25, 0.3) is 0 Å². The summed E-state index contributed by atoms with van der Waals surface area (Å²) in [5.74, 6) is 2.21. The number of rotatable bonds is 4. The van der Waals surface area contributed by atoms with Crippen LogP contribution in [0, 0.1) is 17.8 Å². The van der Waals surface area contributed by atoms with Gasteiger partial charge in [0.05, 0.1) is 0 Å². The second kappa shape index (κ2) is 7.53. The number of benzene rings is 1. The summed E-state index contributed by atoms with van der Waals surface area (Å²) in [6.45, 7) is 0.899. The van der Waals surface area contributed by atoms with Gasteiger partial charge in [-0.1, -0.05) is 36.8 Å². The molecule has 0 radical (unpaired) electrons. The second-order valence-electron chi connectivity index (χ2n) is 9.50. The van der Waals surface area contributed by atoms with Gasteiger partial charge >= 0.3 is 0 Å². The van der Waals surface area contributed by atoms with E-state index in [-0.39, 0.29) is 23.8 Å². The highest BCUT2D eigenvalue weighted by Gasteiger charge is 2.48. The molecule has 4 aliphatic rings. The lowest BCUT2D eigenvalue weighted by atomic mass is 9.85. The van der Waals surface area contributed by atoms with Gasteiger partial charge in [0.1, 0.15) is 0 Å². The third-order valence-electron chi connectivity index (χ3n) is 7.72. The van der Waals surface area contributed by atoms with Crippen LogP contribution in [0.4, 0.5) is 0 Å². The van der Waals surface area contributed by atoms with E-state index in [1.807, 2.05) is 0 Å². The van der Waals surface area contributed by atoms with Crippen molar-refractivity contribution in [3.05, 3.63) is 35.9 Å². The molecule has 4 heteroatoms. The van der Waals surface area contributed by atoms with Crippen LogP contribution in [0.3, 0.4) is 0 Å². The first-order valence-corrected chi connectivity index (χ1v) is 11.4. The van der Waals surface area contributed by atoms with Crippen LogP contribution >= 0.6 is 0 Å². The Balaban J connectivity index is 1.21. The third-order valence-corrected chi connectivity index (χ3v) is 7.72. The molecule has 1 aromatic carbocycles. The van der Waals surface area contributed by atoms with Crippen molar-refractivity contribution in [3.8, 4) is 0 Å². The highest BCUT2D eigenvalue weighted by Crippen LogP contribution is 2.47. The van der Waals surface area contributed by atoms with Crippen LogP contribution < -0.4 is 5.32 Å². The summed E-state index contributed by atoms with van der Waals surface area (Å²) in [5.41, 5.74) is 1.40. The Morgan fingerprint density at radius 1 is 0.857 bits per heavy atom. The molecule has 3 saturated carbocycles. The Hall–Kier alpha value is -1.84. The van der Waals surface area contributed by atoms with Crippen LogP contribution in [-0.4, -0.2) is 35.3 Å². The van der Waals surface area contributed by atoms with Crippen LogP contribution in [0.2, 0.25) is 0 Å². The molecule has 28 heavy (non-hydrogen) atoms. The number of nitrogens with one attached hydrogen (secondary N) is 1. The van der Waals surface area contributed by atoms with Gasteiger partial charge < -0.3 is 10.2 Å². The normalized spacial score (nSPS) is 34.9. The van der Waals surface area contributed by atoms with Crippen molar-refractivity contribution in [1.82, 2.24) is 10.2 Å². The molecule has 3 aliphatic carbocycles. The molecule has 3 unspecified atom stereocenters. The van der Waals surface area contributed by atoms with Gasteiger partial charge in [-0.25, -0.2) is 0 Å². The molecule has 150 valence electrons. The topological polar surface area (TPSA) is 49.4 Å². The van der Waals surface area contributed by atoms with Gasteiger partial charge in [-0.2, -0.15) is 0 Å². The van der Waals surface area contributed by atoms with Gasteiger partial charge in [-0.3, -0.25) is 9.59 Å². The van der Waals surface area contributed by atoms with Crippen LogP contribution in [0.25, 0.3) is 0 Å². The molecule has 0 spiro atoms. The second-order valence-corrected chi connectivity index (χ2v) is 9.50. The number of fused-ring (bicyclic) bond motifs is 1. The molecular weight excluding hydrogens is 348 g/mol. The first-order chi connectivity index (χ1) is 13.7. The standard InChI is InChI=1S/C24H32N2O2/c27-23(17-9-10-17)25-19-13-11-18(12-14-19)24(28)26-15-21(16-5-2-1-3-6-16)20-7-4-8-22(20)26/h1-3,5-6,17-22H,4,7-15H2,(H,25,27). The van der Waals surface area contributed by atoms with Crippen molar-refractivity contribution in [2.24, 2.45) is 17.8 Å². The fraction of sp³-hybridized carbons (Fsp3) is 0.667. The van der Waals surface area contributed by atoms with Crippen molar-refractivity contribution in [1.29, 1.82) is 0 Å². The van der Waals surface area contributed by atoms with Crippen molar-refractivity contribution in [2.45, 2.75) is 75.8 Å². The van der Waals surface area contributed by atoms with E-state index in [9.17, 15) is 9.59 Å². The summed E-state index contributed by atoms with van der Waals surface area (Å²) in [4.78, 5) is 27.7. The number of likely N-dealkylation sites (tertiary alicyclic amines) is 1. The van der Waals surface area contributed by atoms with E-state index in [1.54, 1.807) is 0 Å². The predicted molar refractivity (Wildman–Crippen MR) is 109 cm³/mol. The first kappa shape index (κ1) is 18.2. The molecule has 1 aromatic rings. The maximum atomic E-state index is 13.4. The number of nitrogens with zero attached hydrogens (tertiary/aromatic N) is 1. The maximum Gasteiger partial charge on any atom is 0.225 e. The third kappa shape index (κ3) is 3.46. The Kier molecular flexibility index (Phi) is 4.90. The molecule has 4 nitrogen and oxygen atoms in total. The minimum absolute atomic E-state index is 0.157. The van der Waals surface area contributed by atoms with E-state index in [1.165, 1.54) is 24.8 Å². The molecule has 5 rings (SSSR count). The smallest absolute Gasteiger partial charge is 0.225 e. The quantitative estimate of drug-likeness (QED) is 0.862. The molecule has 0 aromatic heterocycles. The SMILES string of the molecule is O=C(NC1CCC(C(=O)N2CC(c3ccccc3)C3CCCC32)CC1)C1CC1. The zero-order chi connectivity index (χ0) is 19.1. The van der Waals surface area contributed by atoms with Crippen molar-refractivity contribution in [3.63, 3.8) is 0 Å². The molecule has 2 amide bonds. The Labute approximate surface area is 168 Å². The predicted octanol–water partition coefficient (Wildman–Crippen LogP) is 3.87. The zero-order valence-electron chi connectivity index (χ0n) is 16.7. The zero-order valence-corrected chi connectivity index (χ0v) is 16.7. The van der Waals surface area contributed by atoms with E-state index in [0.717, 1.165) is 45.1 Å². The van der Waals surface area contributed by atoms with Crippen molar-refractivity contribution < 1.29 is 9.59 Å². The van der Waals surface area contributed by atoms with Gasteiger partial charge in [-0.15, -0.1) is 0 Å². The first-order valence-electron chi connectivity index (χ1n) is 11.4. The molecular formula is C24H32N2O2. The Bertz CT molecular complexity index is 721. The number of carbonyl (C=O) groups is 2. The minimum atomic E-state index is 0.157. The Morgan fingerprint density at radius 3 is 2.29 bits per heavy atom. The summed E-state index contributed by atoms with van der Waals surface area (Å²) < 4.78 is 0. The maximum absolute atomic E-state index is 13.4. The largest absolute Gasteiger partial charge is 0.353 e. The monoisotopic (exact) mass is 380 g/mol. The number of hydrogen-bond acceptors (Lipinski definition) is 2. The Morgan fingerprint density at radius 2 is 1.57 bits per heavy atom. The van der Waals surface area contributed by atoms with Crippen LogP contribution in [0.15, 0.2) is 30.3 Å². The minimum Gasteiger partial charge on any atom is -0.353 e. The number of hydrogen-bond donors (Lipinski definition) is 1. The van der Waals surface area contributed by atoms with Gasteiger partial charge in [0.15, 0.2) is 0 Å². The fourth-order valence-corrected chi connectivity index (χ4v) is 6.00. The molecule has 1 aliphatic heterocycles. The lowest BCUT2D eigenvalue weighted by Gasteiger charge is -2.33. The van der Waals surface area contributed by atoms with E-state index >= 15 is 0 Å². The van der Waals surface area contributed by atoms with E-state index in [2.05, 4.69) is 40.5 Å².